The van der Waals surface area contributed by atoms with Crippen molar-refractivity contribution in [1.82, 2.24) is 5.32 Å². The van der Waals surface area contributed by atoms with Gasteiger partial charge in [0.15, 0.2) is 0 Å². The number of anilines is 1. The summed E-state index contributed by atoms with van der Waals surface area (Å²) in [6.45, 7) is 3.25. The highest BCUT2D eigenvalue weighted by molar-refractivity contribution is 5.77. The first-order chi connectivity index (χ1) is 9.54. The maximum absolute atomic E-state index is 14.3. The number of nitrogens with two attached hydrogens (primary N) is 1. The SMILES string of the molecule is CNC(C)c1cccc(F)c1N1CCCC(C(N)=O)C1. The average molecular weight is 279 g/mol. The van der Waals surface area contributed by atoms with Crippen molar-refractivity contribution in [3.05, 3.63) is 29.6 Å². The van der Waals surface area contributed by atoms with Gasteiger partial charge in [0, 0.05) is 19.1 Å². The smallest absolute Gasteiger partial charge is 0.222 e. The number of benzene rings is 1. The third-order valence-electron chi connectivity index (χ3n) is 4.06. The van der Waals surface area contributed by atoms with Gasteiger partial charge in [-0.2, -0.15) is 0 Å². The van der Waals surface area contributed by atoms with Gasteiger partial charge in [-0.3, -0.25) is 4.79 Å². The minimum atomic E-state index is -0.297. The molecule has 1 heterocycles. The van der Waals surface area contributed by atoms with Gasteiger partial charge >= 0.3 is 0 Å². The molecule has 1 aromatic carbocycles. The minimum Gasteiger partial charge on any atom is -0.369 e. The van der Waals surface area contributed by atoms with Crippen molar-refractivity contribution in [2.75, 3.05) is 25.0 Å². The Morgan fingerprint density at radius 3 is 2.95 bits per heavy atom. The number of primary amides is 1. The molecule has 0 aliphatic carbocycles. The summed E-state index contributed by atoms with van der Waals surface area (Å²) >= 11 is 0. The molecule has 1 aliphatic rings. The Bertz CT molecular complexity index is 492. The molecule has 2 atom stereocenters. The molecule has 110 valence electrons. The van der Waals surface area contributed by atoms with E-state index in [1.807, 2.05) is 24.9 Å². The number of piperidine rings is 1. The van der Waals surface area contributed by atoms with E-state index in [4.69, 9.17) is 5.73 Å². The van der Waals surface area contributed by atoms with E-state index in [-0.39, 0.29) is 23.7 Å². The average Bonchev–Trinajstić information content (AvgIpc) is 2.46. The number of amides is 1. The van der Waals surface area contributed by atoms with E-state index in [0.717, 1.165) is 24.9 Å². The maximum atomic E-state index is 14.3. The fourth-order valence-corrected chi connectivity index (χ4v) is 2.78. The van der Waals surface area contributed by atoms with Crippen LogP contribution in [0.4, 0.5) is 10.1 Å². The highest BCUT2D eigenvalue weighted by Crippen LogP contribution is 2.32. The van der Waals surface area contributed by atoms with Gasteiger partial charge in [0.2, 0.25) is 5.91 Å². The number of rotatable bonds is 4. The standard InChI is InChI=1S/C15H22FN3O/c1-10(18-2)12-6-3-7-13(16)14(12)19-8-4-5-11(9-19)15(17)20/h3,6-7,10-11,18H,4-5,8-9H2,1-2H3,(H2,17,20). The normalized spacial score (nSPS) is 20.8. The number of para-hydroxylation sites is 1. The Balaban J connectivity index is 2.33. The first-order valence-corrected chi connectivity index (χ1v) is 7.04. The van der Waals surface area contributed by atoms with Crippen LogP contribution in [-0.2, 0) is 4.79 Å². The Morgan fingerprint density at radius 1 is 1.55 bits per heavy atom. The monoisotopic (exact) mass is 279 g/mol. The number of nitrogens with one attached hydrogen (secondary N) is 1. The van der Waals surface area contributed by atoms with Crippen molar-refractivity contribution in [2.24, 2.45) is 11.7 Å². The molecule has 2 unspecified atom stereocenters. The van der Waals surface area contributed by atoms with Crippen LogP contribution in [0.3, 0.4) is 0 Å². The van der Waals surface area contributed by atoms with Crippen LogP contribution in [0.1, 0.15) is 31.4 Å². The van der Waals surface area contributed by atoms with Crippen LogP contribution in [0, 0.1) is 11.7 Å². The quantitative estimate of drug-likeness (QED) is 0.883. The van der Waals surface area contributed by atoms with Crippen LogP contribution in [0.2, 0.25) is 0 Å². The third-order valence-corrected chi connectivity index (χ3v) is 4.06. The largest absolute Gasteiger partial charge is 0.369 e. The van der Waals surface area contributed by atoms with Crippen molar-refractivity contribution in [1.29, 1.82) is 0 Å². The molecule has 5 heteroatoms. The molecule has 2 rings (SSSR count). The van der Waals surface area contributed by atoms with Gasteiger partial charge in [0.25, 0.3) is 0 Å². The zero-order valence-electron chi connectivity index (χ0n) is 12.0. The van der Waals surface area contributed by atoms with E-state index in [9.17, 15) is 9.18 Å². The van der Waals surface area contributed by atoms with E-state index in [1.165, 1.54) is 6.07 Å². The topological polar surface area (TPSA) is 58.4 Å². The Hall–Kier alpha value is -1.62. The lowest BCUT2D eigenvalue weighted by Gasteiger charge is -2.35. The van der Waals surface area contributed by atoms with E-state index in [1.54, 1.807) is 6.07 Å². The van der Waals surface area contributed by atoms with Crippen molar-refractivity contribution in [3.8, 4) is 0 Å². The van der Waals surface area contributed by atoms with Crippen LogP contribution in [0.25, 0.3) is 0 Å². The zero-order valence-corrected chi connectivity index (χ0v) is 12.0. The summed E-state index contributed by atoms with van der Waals surface area (Å²) in [5, 5.41) is 3.14. The summed E-state index contributed by atoms with van der Waals surface area (Å²) in [6.07, 6.45) is 1.65. The molecule has 3 N–H and O–H groups in total. The minimum absolute atomic E-state index is 0.0506. The fraction of sp³-hybridized carbons (Fsp3) is 0.533. The van der Waals surface area contributed by atoms with Gasteiger partial charge in [-0.25, -0.2) is 4.39 Å². The first-order valence-electron chi connectivity index (χ1n) is 7.04. The molecular weight excluding hydrogens is 257 g/mol. The van der Waals surface area contributed by atoms with Gasteiger partial charge in [0.1, 0.15) is 5.82 Å². The first kappa shape index (κ1) is 14.8. The molecule has 0 spiro atoms. The number of carbonyl (C=O) groups excluding carboxylic acids is 1. The van der Waals surface area contributed by atoms with Gasteiger partial charge in [0.05, 0.1) is 11.6 Å². The molecule has 1 saturated heterocycles. The molecule has 0 saturated carbocycles. The van der Waals surface area contributed by atoms with Crippen molar-refractivity contribution in [3.63, 3.8) is 0 Å². The highest BCUT2D eigenvalue weighted by Gasteiger charge is 2.27. The summed E-state index contributed by atoms with van der Waals surface area (Å²) in [7, 11) is 1.85. The lowest BCUT2D eigenvalue weighted by atomic mass is 9.95. The number of carbonyl (C=O) groups is 1. The summed E-state index contributed by atoms with van der Waals surface area (Å²) in [5.74, 6) is -0.731. The van der Waals surface area contributed by atoms with E-state index in [2.05, 4.69) is 5.32 Å². The molecule has 0 radical (unpaired) electrons. The van der Waals surface area contributed by atoms with Crippen LogP contribution in [0.5, 0.6) is 0 Å². The van der Waals surface area contributed by atoms with Gasteiger partial charge in [-0.1, -0.05) is 12.1 Å². The molecule has 0 aromatic heterocycles. The molecule has 1 fully saturated rings. The molecule has 1 aromatic rings. The van der Waals surface area contributed by atoms with Gasteiger partial charge in [-0.15, -0.1) is 0 Å². The van der Waals surface area contributed by atoms with E-state index >= 15 is 0 Å². The van der Waals surface area contributed by atoms with Crippen LogP contribution in [-0.4, -0.2) is 26.0 Å². The van der Waals surface area contributed by atoms with Gasteiger partial charge in [-0.05, 0) is 38.4 Å². The van der Waals surface area contributed by atoms with E-state index in [0.29, 0.717) is 12.2 Å². The summed E-state index contributed by atoms with van der Waals surface area (Å²) in [5.41, 5.74) is 6.91. The van der Waals surface area contributed by atoms with Crippen LogP contribution >= 0.6 is 0 Å². The maximum Gasteiger partial charge on any atom is 0.222 e. The number of halogens is 1. The van der Waals surface area contributed by atoms with Crippen LogP contribution in [0.15, 0.2) is 18.2 Å². The molecule has 1 amide bonds. The predicted molar refractivity (Wildman–Crippen MR) is 78.0 cm³/mol. The van der Waals surface area contributed by atoms with Crippen molar-refractivity contribution in [2.45, 2.75) is 25.8 Å². The lowest BCUT2D eigenvalue weighted by molar-refractivity contribution is -0.122. The highest BCUT2D eigenvalue weighted by atomic mass is 19.1. The second kappa shape index (κ2) is 6.22. The second-order valence-electron chi connectivity index (χ2n) is 5.38. The predicted octanol–water partition coefficient (Wildman–Crippen LogP) is 1.81. The number of nitrogens with zero attached hydrogens (tertiary/aromatic N) is 1. The summed E-state index contributed by atoms with van der Waals surface area (Å²) < 4.78 is 14.3. The molecule has 0 bridgehead atoms. The Labute approximate surface area is 119 Å². The van der Waals surface area contributed by atoms with Crippen LogP contribution < -0.4 is 16.0 Å². The summed E-state index contributed by atoms with van der Waals surface area (Å²) in [4.78, 5) is 13.3. The molecule has 20 heavy (non-hydrogen) atoms. The molecule has 1 aliphatic heterocycles. The number of hydrogen-bond acceptors (Lipinski definition) is 3. The Kier molecular flexibility index (Phi) is 4.60. The lowest BCUT2D eigenvalue weighted by Crippen LogP contribution is -2.42. The zero-order chi connectivity index (χ0) is 14.7. The molecular formula is C15H22FN3O. The van der Waals surface area contributed by atoms with Gasteiger partial charge < -0.3 is 16.0 Å². The fourth-order valence-electron chi connectivity index (χ4n) is 2.78. The van der Waals surface area contributed by atoms with E-state index < -0.39 is 0 Å². The number of hydrogen-bond donors (Lipinski definition) is 2. The second-order valence-corrected chi connectivity index (χ2v) is 5.38. The molecule has 4 nitrogen and oxygen atoms in total. The third kappa shape index (κ3) is 2.93. The summed E-state index contributed by atoms with van der Waals surface area (Å²) in [6, 6.07) is 5.16. The Morgan fingerprint density at radius 2 is 2.30 bits per heavy atom. The van der Waals surface area contributed by atoms with Crippen molar-refractivity contribution < 1.29 is 9.18 Å². The van der Waals surface area contributed by atoms with Crippen molar-refractivity contribution >= 4 is 11.6 Å².